The van der Waals surface area contributed by atoms with Crippen LogP contribution in [0.1, 0.15) is 24.8 Å². The van der Waals surface area contributed by atoms with E-state index in [0.29, 0.717) is 18.9 Å². The predicted octanol–water partition coefficient (Wildman–Crippen LogP) is 2.17. The number of aromatic nitrogens is 3. The molecule has 2 atom stereocenters. The molecule has 2 aliphatic heterocycles. The maximum absolute atomic E-state index is 14.4. The maximum Gasteiger partial charge on any atom is 0.246 e. The van der Waals surface area contributed by atoms with Crippen molar-refractivity contribution in [1.29, 1.82) is 0 Å². The first kappa shape index (κ1) is 18.6. The Hall–Kier alpha value is -2.75. The third kappa shape index (κ3) is 3.51. The number of carbonyl (C=O) groups excluding carboxylic acids is 1. The van der Waals surface area contributed by atoms with Crippen LogP contribution < -0.4 is 15.5 Å². The molecule has 7 nitrogen and oxygen atoms in total. The Kier molecular flexibility index (Phi) is 4.88. The number of rotatable bonds is 3. The summed E-state index contributed by atoms with van der Waals surface area (Å²) in [6.07, 6.45) is -2.01. The smallest absolute Gasteiger partial charge is 0.246 e. The van der Waals surface area contributed by atoms with Gasteiger partial charge in [-0.2, -0.15) is 0 Å². The van der Waals surface area contributed by atoms with E-state index in [2.05, 4.69) is 25.6 Å². The molecule has 0 spiro atoms. The number of nitrogens with one attached hydrogen (secondary N) is 2. The molecular weight excluding hydrogens is 373 g/mol. The van der Waals surface area contributed by atoms with E-state index >= 15 is 0 Å². The number of halogens is 3. The van der Waals surface area contributed by atoms with Crippen LogP contribution in [0.4, 0.5) is 24.8 Å². The molecule has 4 heterocycles. The van der Waals surface area contributed by atoms with Crippen molar-refractivity contribution in [2.24, 2.45) is 0 Å². The van der Waals surface area contributed by atoms with Crippen LogP contribution in [0.5, 0.6) is 0 Å². The fourth-order valence-corrected chi connectivity index (χ4v) is 3.66. The van der Waals surface area contributed by atoms with Crippen molar-refractivity contribution in [3.8, 4) is 11.4 Å². The van der Waals surface area contributed by atoms with Gasteiger partial charge >= 0.3 is 0 Å². The highest BCUT2D eigenvalue weighted by atomic mass is 19.3. The number of anilines is 2. The van der Waals surface area contributed by atoms with Crippen molar-refractivity contribution in [2.45, 2.75) is 31.7 Å². The van der Waals surface area contributed by atoms with Gasteiger partial charge in [-0.15, -0.1) is 0 Å². The van der Waals surface area contributed by atoms with Crippen molar-refractivity contribution < 1.29 is 18.0 Å². The summed E-state index contributed by atoms with van der Waals surface area (Å²) in [6.45, 7) is 4.05. The lowest BCUT2D eigenvalue weighted by Gasteiger charge is -2.33. The summed E-state index contributed by atoms with van der Waals surface area (Å²) in [5, 5.41) is 5.79. The Balaban J connectivity index is 1.80. The van der Waals surface area contributed by atoms with E-state index in [0.717, 1.165) is 18.9 Å². The first-order chi connectivity index (χ1) is 13.4. The summed E-state index contributed by atoms with van der Waals surface area (Å²) < 4.78 is 41.6. The molecular formula is C18H19F3N6O. The highest BCUT2D eigenvalue weighted by molar-refractivity contribution is 5.95. The number of piperazine rings is 1. The highest BCUT2D eigenvalue weighted by Gasteiger charge is 2.36. The second-order valence-electron chi connectivity index (χ2n) is 7.01. The number of nitrogens with zero attached hydrogens (tertiary/aromatic N) is 4. The number of alkyl halides is 2. The number of amides is 1. The average Bonchev–Trinajstić information content (AvgIpc) is 2.66. The standard InChI is InChI=1S/C18H19F3N6O/c1-9-7-27(3-2-22-9)13-5-10(19)4-12(25-13)16-15-11(17(20)21)6-14(28)26-18(15)24-8-23-16/h4-5,8-9,11,17,22H,2-3,6-7H2,1H3,(H,23,24,26,28)/t9-,11?/m0/s1. The minimum Gasteiger partial charge on any atom is -0.354 e. The summed E-state index contributed by atoms with van der Waals surface area (Å²) in [5.74, 6) is -2.00. The zero-order valence-corrected chi connectivity index (χ0v) is 15.1. The Morgan fingerprint density at radius 1 is 1.29 bits per heavy atom. The SMILES string of the molecule is C[C@H]1CN(c2cc(F)cc(-c3ncnc4c3C(C(F)F)CC(=O)N4)n2)CCN1. The minimum atomic E-state index is -2.78. The fraction of sp³-hybridized carbons (Fsp3) is 0.444. The van der Waals surface area contributed by atoms with Gasteiger partial charge in [0.15, 0.2) is 0 Å². The van der Waals surface area contributed by atoms with Gasteiger partial charge in [-0.3, -0.25) is 4.79 Å². The molecule has 0 saturated carbocycles. The molecule has 10 heteroatoms. The summed E-state index contributed by atoms with van der Waals surface area (Å²) >= 11 is 0. The second-order valence-corrected chi connectivity index (χ2v) is 7.01. The van der Waals surface area contributed by atoms with Gasteiger partial charge in [0.25, 0.3) is 0 Å². The van der Waals surface area contributed by atoms with Gasteiger partial charge in [0.2, 0.25) is 12.3 Å². The fourth-order valence-electron chi connectivity index (χ4n) is 3.66. The van der Waals surface area contributed by atoms with E-state index in [9.17, 15) is 18.0 Å². The summed E-state index contributed by atoms with van der Waals surface area (Å²) in [5.41, 5.74) is 0.343. The van der Waals surface area contributed by atoms with E-state index in [-0.39, 0.29) is 35.2 Å². The van der Waals surface area contributed by atoms with Crippen LogP contribution in [0.3, 0.4) is 0 Å². The molecule has 0 aliphatic carbocycles. The van der Waals surface area contributed by atoms with Crippen LogP contribution in [0.2, 0.25) is 0 Å². The zero-order chi connectivity index (χ0) is 19.8. The van der Waals surface area contributed by atoms with E-state index in [1.54, 1.807) is 0 Å². The lowest BCUT2D eigenvalue weighted by Crippen LogP contribution is -2.49. The van der Waals surface area contributed by atoms with Gasteiger partial charge in [-0.25, -0.2) is 28.1 Å². The summed E-state index contributed by atoms with van der Waals surface area (Å²) in [4.78, 5) is 26.2. The first-order valence-electron chi connectivity index (χ1n) is 9.01. The molecule has 0 bridgehead atoms. The van der Waals surface area contributed by atoms with Crippen LogP contribution in [-0.2, 0) is 4.79 Å². The van der Waals surface area contributed by atoms with E-state index < -0.39 is 24.1 Å². The van der Waals surface area contributed by atoms with E-state index in [1.165, 1.54) is 6.07 Å². The topological polar surface area (TPSA) is 83.0 Å². The van der Waals surface area contributed by atoms with Gasteiger partial charge in [-0.1, -0.05) is 0 Å². The van der Waals surface area contributed by atoms with Gasteiger partial charge in [0.1, 0.15) is 23.8 Å². The molecule has 28 heavy (non-hydrogen) atoms. The molecule has 1 amide bonds. The minimum absolute atomic E-state index is 0.0231. The highest BCUT2D eigenvalue weighted by Crippen LogP contribution is 2.40. The summed E-state index contributed by atoms with van der Waals surface area (Å²) in [7, 11) is 0. The molecule has 148 valence electrons. The van der Waals surface area contributed by atoms with E-state index in [4.69, 9.17) is 0 Å². The van der Waals surface area contributed by atoms with Crippen molar-refractivity contribution in [3.63, 3.8) is 0 Å². The van der Waals surface area contributed by atoms with Crippen LogP contribution in [-0.4, -0.2) is 53.0 Å². The monoisotopic (exact) mass is 392 g/mol. The number of hydrogen-bond acceptors (Lipinski definition) is 6. The molecule has 2 aromatic rings. The third-order valence-electron chi connectivity index (χ3n) is 4.93. The lowest BCUT2D eigenvalue weighted by atomic mass is 9.90. The molecule has 2 N–H and O–H groups in total. The number of carbonyl (C=O) groups is 1. The first-order valence-corrected chi connectivity index (χ1v) is 9.01. The molecule has 1 fully saturated rings. The average molecular weight is 392 g/mol. The number of pyridine rings is 1. The lowest BCUT2D eigenvalue weighted by molar-refractivity contribution is -0.117. The molecule has 0 radical (unpaired) electrons. The predicted molar refractivity (Wildman–Crippen MR) is 96.9 cm³/mol. The maximum atomic E-state index is 14.4. The Morgan fingerprint density at radius 2 is 2.11 bits per heavy atom. The molecule has 2 aliphatic rings. The molecule has 2 aromatic heterocycles. The van der Waals surface area contributed by atoms with Crippen LogP contribution >= 0.6 is 0 Å². The largest absolute Gasteiger partial charge is 0.354 e. The Morgan fingerprint density at radius 3 is 2.86 bits per heavy atom. The molecule has 4 rings (SSSR count). The van der Waals surface area contributed by atoms with E-state index in [1.807, 2.05) is 11.8 Å². The van der Waals surface area contributed by atoms with Crippen LogP contribution in [0.25, 0.3) is 11.4 Å². The van der Waals surface area contributed by atoms with Gasteiger partial charge in [-0.05, 0) is 6.92 Å². The molecule has 0 aromatic carbocycles. The molecule has 1 saturated heterocycles. The quantitative estimate of drug-likeness (QED) is 0.833. The number of hydrogen-bond donors (Lipinski definition) is 2. The van der Waals surface area contributed by atoms with Crippen molar-refractivity contribution in [2.75, 3.05) is 29.9 Å². The van der Waals surface area contributed by atoms with Gasteiger partial charge in [0, 0.05) is 49.8 Å². The van der Waals surface area contributed by atoms with Crippen LogP contribution in [0.15, 0.2) is 18.5 Å². The van der Waals surface area contributed by atoms with Gasteiger partial charge in [0.05, 0.1) is 17.3 Å². The van der Waals surface area contributed by atoms with Crippen LogP contribution in [0, 0.1) is 5.82 Å². The van der Waals surface area contributed by atoms with Crippen molar-refractivity contribution in [1.82, 2.24) is 20.3 Å². The molecule has 1 unspecified atom stereocenters. The Labute approximate surface area is 159 Å². The zero-order valence-electron chi connectivity index (χ0n) is 15.1. The Bertz CT molecular complexity index is 909. The third-order valence-corrected chi connectivity index (χ3v) is 4.93. The summed E-state index contributed by atoms with van der Waals surface area (Å²) in [6, 6.07) is 2.70. The normalized spacial score (nSPS) is 22.2. The van der Waals surface area contributed by atoms with Crippen molar-refractivity contribution in [3.05, 3.63) is 29.8 Å². The van der Waals surface area contributed by atoms with Gasteiger partial charge < -0.3 is 15.5 Å². The second kappa shape index (κ2) is 7.34. The number of fused-ring (bicyclic) bond motifs is 1. The van der Waals surface area contributed by atoms with Crippen molar-refractivity contribution >= 4 is 17.5 Å².